The fourth-order valence-electron chi connectivity index (χ4n) is 2.22. The van der Waals surface area contributed by atoms with Crippen LogP contribution in [0.4, 0.5) is 0 Å². The highest BCUT2D eigenvalue weighted by Crippen LogP contribution is 2.11. The molecule has 128 valence electrons. The van der Waals surface area contributed by atoms with E-state index in [0.717, 1.165) is 10.4 Å². The molecule has 0 aliphatic rings. The maximum Gasteiger partial charge on any atom is 0.337 e. The molecule has 6 heteroatoms. The number of hydrogen-bond donors (Lipinski definition) is 1. The van der Waals surface area contributed by atoms with Crippen LogP contribution in [-0.4, -0.2) is 37.0 Å². The molecule has 24 heavy (non-hydrogen) atoms. The van der Waals surface area contributed by atoms with Gasteiger partial charge in [-0.15, -0.1) is 11.3 Å². The van der Waals surface area contributed by atoms with Crippen molar-refractivity contribution in [2.45, 2.75) is 26.1 Å². The zero-order valence-corrected chi connectivity index (χ0v) is 14.9. The van der Waals surface area contributed by atoms with Gasteiger partial charge in [0.25, 0.3) is 0 Å². The Morgan fingerprint density at radius 2 is 1.96 bits per heavy atom. The normalized spacial score (nSPS) is 12.0. The van der Waals surface area contributed by atoms with Crippen molar-refractivity contribution in [1.82, 2.24) is 10.2 Å². The van der Waals surface area contributed by atoms with E-state index in [1.54, 1.807) is 23.5 Å². The van der Waals surface area contributed by atoms with Crippen LogP contribution in [0.3, 0.4) is 0 Å². The van der Waals surface area contributed by atoms with Crippen molar-refractivity contribution in [3.8, 4) is 0 Å². The lowest BCUT2D eigenvalue weighted by molar-refractivity contribution is -0.125. The first-order chi connectivity index (χ1) is 11.5. The molecule has 0 saturated heterocycles. The first-order valence-corrected chi connectivity index (χ1v) is 8.57. The molecule has 0 aliphatic carbocycles. The molecule has 5 nitrogen and oxygen atoms in total. The molecule has 1 atom stereocenters. The van der Waals surface area contributed by atoms with Gasteiger partial charge in [-0.25, -0.2) is 4.79 Å². The van der Waals surface area contributed by atoms with Gasteiger partial charge in [-0.2, -0.15) is 0 Å². The number of thiophene rings is 1. The highest BCUT2D eigenvalue weighted by Gasteiger charge is 2.18. The molecule has 0 spiro atoms. The Morgan fingerprint density at radius 1 is 1.25 bits per heavy atom. The zero-order chi connectivity index (χ0) is 17.5. The van der Waals surface area contributed by atoms with Gasteiger partial charge in [0.2, 0.25) is 5.91 Å². The fraction of sp³-hybridized carbons (Fsp3) is 0.333. The molecule has 0 radical (unpaired) electrons. The van der Waals surface area contributed by atoms with Gasteiger partial charge in [0, 0.05) is 11.4 Å². The number of carbonyl (C=O) groups excluding carboxylic acids is 2. The third-order valence-corrected chi connectivity index (χ3v) is 4.74. The number of likely N-dealkylation sites (N-methyl/N-ethyl adjacent to an activating group) is 1. The Morgan fingerprint density at radius 3 is 2.54 bits per heavy atom. The monoisotopic (exact) mass is 346 g/mol. The standard InChI is InChI=1S/C18H22N2O3S/c1-13(17(21)19-11-16-5-4-10-24-16)20(2)12-14-6-8-15(9-7-14)18(22)23-3/h4-10,13H,11-12H2,1-3H3,(H,19,21)/t13-/m1/s1. The number of hydrogen-bond acceptors (Lipinski definition) is 5. The molecule has 0 unspecified atom stereocenters. The summed E-state index contributed by atoms with van der Waals surface area (Å²) in [4.78, 5) is 26.8. The van der Waals surface area contributed by atoms with Gasteiger partial charge in [0.15, 0.2) is 0 Å². The number of nitrogens with one attached hydrogen (secondary N) is 1. The number of nitrogens with zero attached hydrogens (tertiary/aromatic N) is 1. The quantitative estimate of drug-likeness (QED) is 0.783. The van der Waals surface area contributed by atoms with Crippen molar-refractivity contribution in [2.75, 3.05) is 14.2 Å². The van der Waals surface area contributed by atoms with Crippen LogP contribution in [0.1, 0.15) is 27.7 Å². The van der Waals surface area contributed by atoms with E-state index in [1.807, 2.05) is 48.5 Å². The lowest BCUT2D eigenvalue weighted by atomic mass is 10.1. The van der Waals surface area contributed by atoms with Gasteiger partial charge in [-0.05, 0) is 43.1 Å². The Balaban J connectivity index is 1.87. The molecule has 1 N–H and O–H groups in total. The molecular formula is C18H22N2O3S. The summed E-state index contributed by atoms with van der Waals surface area (Å²) in [7, 11) is 3.27. The number of ether oxygens (including phenoxy) is 1. The second-order valence-electron chi connectivity index (χ2n) is 5.58. The maximum absolute atomic E-state index is 12.2. The summed E-state index contributed by atoms with van der Waals surface area (Å²) < 4.78 is 4.68. The fourth-order valence-corrected chi connectivity index (χ4v) is 2.87. The van der Waals surface area contributed by atoms with Crippen LogP contribution in [0.5, 0.6) is 0 Å². The van der Waals surface area contributed by atoms with Crippen molar-refractivity contribution in [3.05, 3.63) is 57.8 Å². The summed E-state index contributed by atoms with van der Waals surface area (Å²) in [6.07, 6.45) is 0. The average molecular weight is 346 g/mol. The first-order valence-electron chi connectivity index (χ1n) is 7.69. The number of carbonyl (C=O) groups is 2. The minimum Gasteiger partial charge on any atom is -0.465 e. The molecule has 1 amide bonds. The number of methoxy groups -OCH3 is 1. The van der Waals surface area contributed by atoms with E-state index in [9.17, 15) is 9.59 Å². The van der Waals surface area contributed by atoms with Gasteiger partial charge in [-0.3, -0.25) is 9.69 Å². The average Bonchev–Trinajstić information content (AvgIpc) is 3.12. The third kappa shape index (κ3) is 4.91. The first kappa shape index (κ1) is 18.2. The smallest absolute Gasteiger partial charge is 0.337 e. The van der Waals surface area contributed by atoms with Crippen molar-refractivity contribution in [3.63, 3.8) is 0 Å². The highest BCUT2D eigenvalue weighted by atomic mass is 32.1. The highest BCUT2D eigenvalue weighted by molar-refractivity contribution is 7.09. The SMILES string of the molecule is COC(=O)c1ccc(CN(C)[C@H](C)C(=O)NCc2cccs2)cc1. The molecule has 1 aromatic carbocycles. The van der Waals surface area contributed by atoms with Crippen LogP contribution in [0.15, 0.2) is 41.8 Å². The van der Waals surface area contributed by atoms with Crippen molar-refractivity contribution < 1.29 is 14.3 Å². The molecular weight excluding hydrogens is 324 g/mol. The van der Waals surface area contributed by atoms with E-state index in [0.29, 0.717) is 18.7 Å². The Bertz CT molecular complexity index is 668. The Labute approximate surface area is 146 Å². The van der Waals surface area contributed by atoms with Crippen LogP contribution in [0.2, 0.25) is 0 Å². The zero-order valence-electron chi connectivity index (χ0n) is 14.1. The summed E-state index contributed by atoms with van der Waals surface area (Å²) in [6, 6.07) is 10.9. The number of rotatable bonds is 7. The van der Waals surface area contributed by atoms with Crippen molar-refractivity contribution in [1.29, 1.82) is 0 Å². The van der Waals surface area contributed by atoms with E-state index in [2.05, 4.69) is 10.1 Å². The van der Waals surface area contributed by atoms with Crippen LogP contribution >= 0.6 is 11.3 Å². The molecule has 2 rings (SSSR count). The van der Waals surface area contributed by atoms with Crippen LogP contribution in [0.25, 0.3) is 0 Å². The largest absolute Gasteiger partial charge is 0.465 e. The van der Waals surface area contributed by atoms with Gasteiger partial charge in [-0.1, -0.05) is 18.2 Å². The van der Waals surface area contributed by atoms with Gasteiger partial charge in [0.05, 0.1) is 25.3 Å². The summed E-state index contributed by atoms with van der Waals surface area (Å²) >= 11 is 1.63. The molecule has 1 heterocycles. The minimum atomic E-state index is -0.351. The van der Waals surface area contributed by atoms with Gasteiger partial charge >= 0.3 is 5.97 Å². The third-order valence-electron chi connectivity index (χ3n) is 3.86. The Kier molecular flexibility index (Phi) is 6.52. The van der Waals surface area contributed by atoms with Crippen molar-refractivity contribution in [2.24, 2.45) is 0 Å². The summed E-state index contributed by atoms with van der Waals surface area (Å²) in [5.74, 6) is -0.353. The van der Waals surface area contributed by atoms with Crippen LogP contribution in [-0.2, 0) is 22.6 Å². The summed E-state index contributed by atoms with van der Waals surface area (Å²) in [6.45, 7) is 3.06. The molecule has 2 aromatic rings. The summed E-state index contributed by atoms with van der Waals surface area (Å²) in [5, 5.41) is 4.95. The predicted octanol–water partition coefficient (Wildman–Crippen LogP) is 2.67. The summed E-state index contributed by atoms with van der Waals surface area (Å²) in [5.41, 5.74) is 1.55. The molecule has 0 fully saturated rings. The maximum atomic E-state index is 12.2. The number of esters is 1. The molecule has 0 saturated carbocycles. The van der Waals surface area contributed by atoms with Crippen molar-refractivity contribution >= 4 is 23.2 Å². The predicted molar refractivity (Wildman–Crippen MR) is 94.9 cm³/mol. The van der Waals surface area contributed by atoms with E-state index in [1.165, 1.54) is 7.11 Å². The topological polar surface area (TPSA) is 58.6 Å². The van der Waals surface area contributed by atoms with E-state index >= 15 is 0 Å². The second kappa shape index (κ2) is 8.61. The number of benzene rings is 1. The van der Waals surface area contributed by atoms with E-state index < -0.39 is 0 Å². The minimum absolute atomic E-state index is 0.00270. The molecule has 0 bridgehead atoms. The van der Waals surface area contributed by atoms with E-state index in [-0.39, 0.29) is 17.9 Å². The Hall–Kier alpha value is -2.18. The number of amides is 1. The van der Waals surface area contributed by atoms with Crippen LogP contribution < -0.4 is 5.32 Å². The van der Waals surface area contributed by atoms with Crippen LogP contribution in [0, 0.1) is 0 Å². The molecule has 1 aromatic heterocycles. The van der Waals surface area contributed by atoms with E-state index in [4.69, 9.17) is 0 Å². The van der Waals surface area contributed by atoms with Gasteiger partial charge in [0.1, 0.15) is 0 Å². The molecule has 0 aliphatic heterocycles. The van der Waals surface area contributed by atoms with Gasteiger partial charge < -0.3 is 10.1 Å². The lowest BCUT2D eigenvalue weighted by Gasteiger charge is -2.24. The second-order valence-corrected chi connectivity index (χ2v) is 6.61. The lowest BCUT2D eigenvalue weighted by Crippen LogP contribution is -2.42.